The van der Waals surface area contributed by atoms with Crippen molar-refractivity contribution in [2.24, 2.45) is 5.92 Å². The first-order valence-electron chi connectivity index (χ1n) is 5.90. The number of benzene rings is 1. The molecule has 0 saturated carbocycles. The molecule has 4 heteroatoms. The number of nitrogens with one attached hydrogen (secondary N) is 1. The van der Waals surface area contributed by atoms with Gasteiger partial charge in [-0.05, 0) is 68.5 Å². The van der Waals surface area contributed by atoms with E-state index in [1.807, 2.05) is 0 Å². The Morgan fingerprint density at radius 2 is 1.88 bits per heavy atom. The summed E-state index contributed by atoms with van der Waals surface area (Å²) in [6.45, 7) is 2.10. The molecule has 1 fully saturated rings. The Bertz CT molecular complexity index is 351. The molecule has 1 N–H and O–H groups in total. The highest BCUT2D eigenvalue weighted by molar-refractivity contribution is 5.85. The second-order valence-electron chi connectivity index (χ2n) is 4.47. The summed E-state index contributed by atoms with van der Waals surface area (Å²) in [4.78, 5) is 0. The zero-order valence-corrected chi connectivity index (χ0v) is 10.5. The quantitative estimate of drug-likeness (QED) is 0.880. The zero-order chi connectivity index (χ0) is 11.4. The van der Waals surface area contributed by atoms with E-state index in [-0.39, 0.29) is 24.0 Å². The Hall–Kier alpha value is -0.670. The number of piperidine rings is 1. The number of aryl methyl sites for hydroxylation is 1. The molecule has 1 saturated heterocycles. The fourth-order valence-electron chi connectivity index (χ4n) is 2.26. The van der Waals surface area contributed by atoms with Crippen LogP contribution in [-0.2, 0) is 6.42 Å². The van der Waals surface area contributed by atoms with Crippen molar-refractivity contribution in [2.75, 3.05) is 13.1 Å². The smallest absolute Gasteiger partial charge is 0.126 e. The third kappa shape index (κ3) is 4.25. The fourth-order valence-corrected chi connectivity index (χ4v) is 2.26. The summed E-state index contributed by atoms with van der Waals surface area (Å²) in [6.07, 6.45) is 3.91. The minimum Gasteiger partial charge on any atom is -0.317 e. The maximum atomic E-state index is 13.3. The van der Waals surface area contributed by atoms with Crippen molar-refractivity contribution in [1.29, 1.82) is 0 Å². The van der Waals surface area contributed by atoms with Gasteiger partial charge in [-0.15, -0.1) is 12.4 Å². The van der Waals surface area contributed by atoms with E-state index in [1.54, 1.807) is 0 Å². The SMILES string of the molecule is Cl.Fc1ccc(F)c(CCC2CCNCC2)c1. The van der Waals surface area contributed by atoms with Gasteiger partial charge in [0.25, 0.3) is 0 Å². The van der Waals surface area contributed by atoms with Gasteiger partial charge in [-0.2, -0.15) is 0 Å². The Morgan fingerprint density at radius 1 is 1.18 bits per heavy atom. The summed E-state index contributed by atoms with van der Waals surface area (Å²) in [5, 5.41) is 3.30. The second kappa shape index (κ2) is 6.92. The van der Waals surface area contributed by atoms with Crippen molar-refractivity contribution < 1.29 is 8.78 Å². The van der Waals surface area contributed by atoms with Crippen molar-refractivity contribution in [1.82, 2.24) is 5.32 Å². The van der Waals surface area contributed by atoms with Gasteiger partial charge in [-0.3, -0.25) is 0 Å². The molecule has 1 aromatic rings. The molecule has 1 heterocycles. The van der Waals surface area contributed by atoms with E-state index in [9.17, 15) is 8.78 Å². The monoisotopic (exact) mass is 261 g/mol. The lowest BCUT2D eigenvalue weighted by molar-refractivity contribution is 0.352. The molecule has 1 aliphatic rings. The van der Waals surface area contributed by atoms with Gasteiger partial charge in [-0.1, -0.05) is 0 Å². The first-order chi connectivity index (χ1) is 7.75. The van der Waals surface area contributed by atoms with Crippen LogP contribution in [0.15, 0.2) is 18.2 Å². The molecule has 17 heavy (non-hydrogen) atoms. The molecule has 1 aromatic carbocycles. The van der Waals surface area contributed by atoms with Crippen LogP contribution in [0.1, 0.15) is 24.8 Å². The minimum absolute atomic E-state index is 0. The maximum Gasteiger partial charge on any atom is 0.126 e. The first-order valence-corrected chi connectivity index (χ1v) is 5.90. The van der Waals surface area contributed by atoms with Gasteiger partial charge in [0.15, 0.2) is 0 Å². The average molecular weight is 262 g/mol. The van der Waals surface area contributed by atoms with Crippen LogP contribution in [0.4, 0.5) is 8.78 Å². The van der Waals surface area contributed by atoms with E-state index in [0.29, 0.717) is 17.9 Å². The highest BCUT2D eigenvalue weighted by atomic mass is 35.5. The molecule has 0 atom stereocenters. The topological polar surface area (TPSA) is 12.0 Å². The van der Waals surface area contributed by atoms with E-state index in [4.69, 9.17) is 0 Å². The standard InChI is InChI=1S/C13H17F2N.ClH/c14-12-3-4-13(15)11(9-12)2-1-10-5-7-16-8-6-10;/h3-4,9-10,16H,1-2,5-8H2;1H. The predicted octanol–water partition coefficient (Wildman–Crippen LogP) is 3.32. The number of hydrogen-bond donors (Lipinski definition) is 1. The van der Waals surface area contributed by atoms with Crippen molar-refractivity contribution in [3.63, 3.8) is 0 Å². The molecule has 96 valence electrons. The predicted molar refractivity (Wildman–Crippen MR) is 67.5 cm³/mol. The van der Waals surface area contributed by atoms with Crippen molar-refractivity contribution >= 4 is 12.4 Å². The van der Waals surface area contributed by atoms with Crippen LogP contribution in [0.5, 0.6) is 0 Å². The number of halogens is 3. The molecule has 0 bridgehead atoms. The lowest BCUT2D eigenvalue weighted by Crippen LogP contribution is -2.27. The summed E-state index contributed by atoms with van der Waals surface area (Å²) in [5.41, 5.74) is 0.513. The van der Waals surface area contributed by atoms with Crippen LogP contribution in [0, 0.1) is 17.6 Å². The number of rotatable bonds is 3. The van der Waals surface area contributed by atoms with E-state index in [1.165, 1.54) is 18.2 Å². The van der Waals surface area contributed by atoms with Crippen molar-refractivity contribution in [3.8, 4) is 0 Å². The molecule has 0 spiro atoms. The van der Waals surface area contributed by atoms with Crippen LogP contribution in [0.2, 0.25) is 0 Å². The Balaban J connectivity index is 0.00000144. The van der Waals surface area contributed by atoms with E-state index >= 15 is 0 Å². The van der Waals surface area contributed by atoms with Crippen LogP contribution >= 0.6 is 12.4 Å². The van der Waals surface area contributed by atoms with Gasteiger partial charge < -0.3 is 5.32 Å². The number of hydrogen-bond acceptors (Lipinski definition) is 1. The lowest BCUT2D eigenvalue weighted by Gasteiger charge is -2.22. The normalized spacial score (nSPS) is 16.6. The second-order valence-corrected chi connectivity index (χ2v) is 4.47. The third-order valence-corrected chi connectivity index (χ3v) is 3.29. The third-order valence-electron chi connectivity index (χ3n) is 3.29. The summed E-state index contributed by atoms with van der Waals surface area (Å²) < 4.78 is 26.3. The van der Waals surface area contributed by atoms with Gasteiger partial charge >= 0.3 is 0 Å². The Morgan fingerprint density at radius 3 is 2.59 bits per heavy atom. The molecule has 1 aliphatic heterocycles. The highest BCUT2D eigenvalue weighted by Gasteiger charge is 2.13. The fraction of sp³-hybridized carbons (Fsp3) is 0.538. The van der Waals surface area contributed by atoms with Gasteiger partial charge in [0.05, 0.1) is 0 Å². The Kier molecular flexibility index (Phi) is 5.86. The molecule has 0 radical (unpaired) electrons. The molecular weight excluding hydrogens is 244 g/mol. The largest absolute Gasteiger partial charge is 0.317 e. The van der Waals surface area contributed by atoms with Crippen molar-refractivity contribution in [3.05, 3.63) is 35.4 Å². The van der Waals surface area contributed by atoms with E-state index in [2.05, 4.69) is 5.32 Å². The molecular formula is C13H18ClF2N. The molecule has 0 unspecified atom stereocenters. The summed E-state index contributed by atoms with van der Waals surface area (Å²) >= 11 is 0. The van der Waals surface area contributed by atoms with E-state index in [0.717, 1.165) is 32.4 Å². The van der Waals surface area contributed by atoms with Gasteiger partial charge in [0.2, 0.25) is 0 Å². The highest BCUT2D eigenvalue weighted by Crippen LogP contribution is 2.20. The van der Waals surface area contributed by atoms with Crippen LogP contribution in [0.3, 0.4) is 0 Å². The molecule has 0 aliphatic carbocycles. The summed E-state index contributed by atoms with van der Waals surface area (Å²) in [7, 11) is 0. The van der Waals surface area contributed by atoms with Gasteiger partial charge in [0, 0.05) is 0 Å². The summed E-state index contributed by atoms with van der Waals surface area (Å²) in [6, 6.07) is 3.70. The van der Waals surface area contributed by atoms with Crippen LogP contribution in [-0.4, -0.2) is 13.1 Å². The zero-order valence-electron chi connectivity index (χ0n) is 9.72. The Labute approximate surface area is 107 Å². The molecule has 0 aromatic heterocycles. The molecule has 0 amide bonds. The first kappa shape index (κ1) is 14.4. The molecule has 2 rings (SSSR count). The summed E-state index contributed by atoms with van der Waals surface area (Å²) in [5.74, 6) is 0.0287. The van der Waals surface area contributed by atoms with Crippen molar-refractivity contribution in [2.45, 2.75) is 25.7 Å². The van der Waals surface area contributed by atoms with Crippen LogP contribution < -0.4 is 5.32 Å². The van der Waals surface area contributed by atoms with Gasteiger partial charge in [-0.25, -0.2) is 8.78 Å². The minimum atomic E-state index is -0.346. The maximum absolute atomic E-state index is 13.3. The van der Waals surface area contributed by atoms with E-state index < -0.39 is 0 Å². The van der Waals surface area contributed by atoms with Crippen LogP contribution in [0.25, 0.3) is 0 Å². The van der Waals surface area contributed by atoms with Gasteiger partial charge in [0.1, 0.15) is 11.6 Å². The lowest BCUT2D eigenvalue weighted by atomic mass is 9.91. The average Bonchev–Trinajstić information content (AvgIpc) is 2.32. The molecule has 1 nitrogen and oxygen atoms in total.